The zero-order valence-electron chi connectivity index (χ0n) is 16.3. The third-order valence-electron chi connectivity index (χ3n) is 4.05. The molecule has 5 nitrogen and oxygen atoms in total. The number of methoxy groups -OCH3 is 1. The third-order valence-corrected chi connectivity index (χ3v) is 4.61. The van der Waals surface area contributed by atoms with Gasteiger partial charge in [0.2, 0.25) is 0 Å². The van der Waals surface area contributed by atoms with Crippen molar-refractivity contribution in [3.63, 3.8) is 0 Å². The van der Waals surface area contributed by atoms with E-state index in [1.54, 1.807) is 37.4 Å². The minimum absolute atomic E-state index is 0.0836. The molecule has 29 heavy (non-hydrogen) atoms. The van der Waals surface area contributed by atoms with Gasteiger partial charge < -0.3 is 14.8 Å². The molecule has 152 valence electrons. The van der Waals surface area contributed by atoms with Crippen molar-refractivity contribution in [2.75, 3.05) is 19.0 Å². The van der Waals surface area contributed by atoms with Gasteiger partial charge in [-0.25, -0.2) is 0 Å². The van der Waals surface area contributed by atoms with Crippen molar-refractivity contribution >= 4 is 40.9 Å². The van der Waals surface area contributed by atoms with E-state index >= 15 is 0 Å². The third kappa shape index (κ3) is 6.70. The van der Waals surface area contributed by atoms with Crippen LogP contribution in [-0.2, 0) is 4.79 Å². The number of rotatable bonds is 9. The number of hydrogen-bond acceptors (Lipinski definition) is 4. The van der Waals surface area contributed by atoms with Gasteiger partial charge in [-0.3, -0.25) is 4.79 Å². The Balaban J connectivity index is 2.18. The maximum atomic E-state index is 12.5. The molecule has 2 aromatic rings. The van der Waals surface area contributed by atoms with Crippen molar-refractivity contribution in [2.45, 2.75) is 26.2 Å². The molecule has 0 fully saturated rings. The molecule has 0 aliphatic rings. The summed E-state index contributed by atoms with van der Waals surface area (Å²) >= 11 is 12.0. The smallest absolute Gasteiger partial charge is 0.266 e. The van der Waals surface area contributed by atoms with Crippen LogP contribution in [0, 0.1) is 11.3 Å². The highest BCUT2D eigenvalue weighted by Gasteiger charge is 2.13. The molecule has 0 aliphatic heterocycles. The lowest BCUT2D eigenvalue weighted by Crippen LogP contribution is -2.13. The van der Waals surface area contributed by atoms with Crippen molar-refractivity contribution in [2.24, 2.45) is 0 Å². The van der Waals surface area contributed by atoms with E-state index in [9.17, 15) is 10.1 Å². The van der Waals surface area contributed by atoms with Gasteiger partial charge in [0, 0.05) is 5.02 Å². The number of amides is 1. The lowest BCUT2D eigenvalue weighted by Gasteiger charge is -2.11. The second kappa shape index (κ2) is 11.4. The average molecular weight is 433 g/mol. The average Bonchev–Trinajstić information content (AvgIpc) is 2.72. The van der Waals surface area contributed by atoms with Crippen LogP contribution in [-0.4, -0.2) is 19.6 Å². The highest BCUT2D eigenvalue weighted by Crippen LogP contribution is 2.30. The van der Waals surface area contributed by atoms with Crippen LogP contribution >= 0.6 is 23.2 Å². The highest BCUT2D eigenvalue weighted by atomic mass is 35.5. The van der Waals surface area contributed by atoms with E-state index in [0.29, 0.717) is 39.4 Å². The largest absolute Gasteiger partial charge is 0.493 e. The summed E-state index contributed by atoms with van der Waals surface area (Å²) in [5.74, 6) is 0.566. The lowest BCUT2D eigenvalue weighted by atomic mass is 10.1. The van der Waals surface area contributed by atoms with E-state index in [4.69, 9.17) is 32.7 Å². The monoisotopic (exact) mass is 432 g/mol. The normalized spacial score (nSPS) is 10.9. The minimum Gasteiger partial charge on any atom is -0.493 e. The molecule has 2 rings (SSSR count). The SMILES string of the molecule is CCCCCOc1ccc(/C=C(/C#N)C(=O)Nc2cc(Cl)ccc2Cl)cc1OC. The summed E-state index contributed by atoms with van der Waals surface area (Å²) in [4.78, 5) is 12.5. The first kappa shape index (κ1) is 22.6. The summed E-state index contributed by atoms with van der Waals surface area (Å²) in [5, 5.41) is 12.8. The van der Waals surface area contributed by atoms with Crippen LogP contribution in [0.15, 0.2) is 42.0 Å². The lowest BCUT2D eigenvalue weighted by molar-refractivity contribution is -0.112. The number of ether oxygens (including phenoxy) is 2. The van der Waals surface area contributed by atoms with Crippen LogP contribution in [0.1, 0.15) is 31.7 Å². The Morgan fingerprint density at radius 1 is 1.17 bits per heavy atom. The van der Waals surface area contributed by atoms with Crippen molar-refractivity contribution in [3.8, 4) is 17.6 Å². The van der Waals surface area contributed by atoms with Crippen molar-refractivity contribution in [1.29, 1.82) is 5.26 Å². The van der Waals surface area contributed by atoms with Crippen LogP contribution in [0.2, 0.25) is 10.0 Å². The van der Waals surface area contributed by atoms with E-state index in [-0.39, 0.29) is 5.57 Å². The molecular weight excluding hydrogens is 411 g/mol. The second-order valence-electron chi connectivity index (χ2n) is 6.21. The number of nitrogens with zero attached hydrogens (tertiary/aromatic N) is 1. The standard InChI is InChI=1S/C22H22Cl2N2O3/c1-3-4-5-10-29-20-9-6-15(12-21(20)28-2)11-16(14-25)22(27)26-19-13-17(23)7-8-18(19)24/h6-9,11-13H,3-5,10H2,1-2H3,(H,26,27)/b16-11-. The molecule has 0 saturated heterocycles. The van der Waals surface area contributed by atoms with Gasteiger partial charge in [-0.15, -0.1) is 0 Å². The molecule has 0 atom stereocenters. The highest BCUT2D eigenvalue weighted by molar-refractivity contribution is 6.36. The summed E-state index contributed by atoms with van der Waals surface area (Å²) in [7, 11) is 1.54. The van der Waals surface area contributed by atoms with Crippen LogP contribution in [0.4, 0.5) is 5.69 Å². The van der Waals surface area contributed by atoms with Gasteiger partial charge >= 0.3 is 0 Å². The number of unbranched alkanes of at least 4 members (excludes halogenated alkanes) is 2. The van der Waals surface area contributed by atoms with Gasteiger partial charge in [-0.1, -0.05) is 49.0 Å². The first-order valence-corrected chi connectivity index (χ1v) is 9.93. The summed E-state index contributed by atoms with van der Waals surface area (Å²) in [6, 6.07) is 11.8. The van der Waals surface area contributed by atoms with Gasteiger partial charge in [0.15, 0.2) is 11.5 Å². The van der Waals surface area contributed by atoms with Crippen LogP contribution in [0.5, 0.6) is 11.5 Å². The van der Waals surface area contributed by atoms with E-state index < -0.39 is 5.91 Å². The van der Waals surface area contributed by atoms with Crippen molar-refractivity contribution in [3.05, 3.63) is 57.6 Å². The zero-order chi connectivity index (χ0) is 21.2. The fraction of sp³-hybridized carbons (Fsp3) is 0.273. The number of nitriles is 1. The predicted octanol–water partition coefficient (Wildman–Crippen LogP) is 6.12. The Hall–Kier alpha value is -2.68. The first-order chi connectivity index (χ1) is 14.0. The topological polar surface area (TPSA) is 71.3 Å². The quantitative estimate of drug-likeness (QED) is 0.294. The number of nitrogens with one attached hydrogen (secondary N) is 1. The maximum Gasteiger partial charge on any atom is 0.266 e. The molecule has 0 spiro atoms. The van der Waals surface area contributed by atoms with E-state index in [1.165, 1.54) is 12.1 Å². The molecule has 0 aromatic heterocycles. The zero-order valence-corrected chi connectivity index (χ0v) is 17.8. The Kier molecular flexibility index (Phi) is 8.85. The van der Waals surface area contributed by atoms with Gasteiger partial charge in [0.05, 0.1) is 24.4 Å². The van der Waals surface area contributed by atoms with E-state index in [0.717, 1.165) is 19.3 Å². The predicted molar refractivity (Wildman–Crippen MR) is 117 cm³/mol. The summed E-state index contributed by atoms with van der Waals surface area (Å²) in [6.07, 6.45) is 4.65. The number of halogens is 2. The molecule has 0 unspecified atom stereocenters. The van der Waals surface area contributed by atoms with E-state index in [1.807, 2.05) is 6.07 Å². The molecule has 1 N–H and O–H groups in total. The van der Waals surface area contributed by atoms with Crippen LogP contribution in [0.25, 0.3) is 6.08 Å². The molecular formula is C22H22Cl2N2O3. The van der Waals surface area contributed by atoms with Gasteiger partial charge in [0.25, 0.3) is 5.91 Å². The summed E-state index contributed by atoms with van der Waals surface area (Å²) < 4.78 is 11.1. The fourth-order valence-electron chi connectivity index (χ4n) is 2.53. The molecule has 2 aromatic carbocycles. The Labute approximate surface area is 180 Å². The first-order valence-electron chi connectivity index (χ1n) is 9.17. The molecule has 0 bridgehead atoms. The number of carbonyl (C=O) groups is 1. The number of carbonyl (C=O) groups excluding carboxylic acids is 1. The number of anilines is 1. The number of benzene rings is 2. The Morgan fingerprint density at radius 2 is 1.97 bits per heavy atom. The van der Waals surface area contributed by atoms with Crippen LogP contribution < -0.4 is 14.8 Å². The molecule has 1 amide bonds. The second-order valence-corrected chi connectivity index (χ2v) is 7.06. The molecule has 0 heterocycles. The Bertz CT molecular complexity index is 936. The maximum absolute atomic E-state index is 12.5. The summed E-state index contributed by atoms with van der Waals surface area (Å²) in [5.41, 5.74) is 0.880. The summed E-state index contributed by atoms with van der Waals surface area (Å²) in [6.45, 7) is 2.73. The minimum atomic E-state index is -0.587. The van der Waals surface area contributed by atoms with Gasteiger partial charge in [-0.05, 0) is 48.4 Å². The Morgan fingerprint density at radius 3 is 2.66 bits per heavy atom. The van der Waals surface area contributed by atoms with Crippen molar-refractivity contribution < 1.29 is 14.3 Å². The van der Waals surface area contributed by atoms with E-state index in [2.05, 4.69) is 12.2 Å². The molecule has 0 radical (unpaired) electrons. The molecule has 0 aliphatic carbocycles. The van der Waals surface area contributed by atoms with Crippen molar-refractivity contribution in [1.82, 2.24) is 0 Å². The van der Waals surface area contributed by atoms with Gasteiger partial charge in [-0.2, -0.15) is 5.26 Å². The fourth-order valence-corrected chi connectivity index (χ4v) is 2.86. The molecule has 0 saturated carbocycles. The van der Waals surface area contributed by atoms with Gasteiger partial charge in [0.1, 0.15) is 11.6 Å². The molecule has 7 heteroatoms. The number of hydrogen-bond donors (Lipinski definition) is 1. The van der Waals surface area contributed by atoms with Crippen LogP contribution in [0.3, 0.4) is 0 Å².